The van der Waals surface area contributed by atoms with Crippen LogP contribution in [0.15, 0.2) is 163 Å². The summed E-state index contributed by atoms with van der Waals surface area (Å²) in [5.74, 6) is 0.629. The molecule has 52 heavy (non-hydrogen) atoms. The van der Waals surface area contributed by atoms with Crippen molar-refractivity contribution in [2.24, 2.45) is 0 Å². The molecule has 10 rings (SSSR count). The summed E-state index contributed by atoms with van der Waals surface area (Å²) >= 11 is 0. The summed E-state index contributed by atoms with van der Waals surface area (Å²) in [4.78, 5) is 10.2. The van der Waals surface area contributed by atoms with Gasteiger partial charge in [0.2, 0.25) is 5.71 Å². The molecule has 0 amide bonds. The van der Waals surface area contributed by atoms with Gasteiger partial charge in [-0.25, -0.2) is 4.98 Å². The van der Waals surface area contributed by atoms with Crippen LogP contribution in [0.4, 0.5) is 0 Å². The minimum atomic E-state index is 0.560. The second-order valence-electron chi connectivity index (χ2n) is 13.0. The van der Waals surface area contributed by atoms with Gasteiger partial charge in [0.25, 0.3) is 0 Å². The summed E-state index contributed by atoms with van der Waals surface area (Å²) < 4.78 is 11.3. The molecule has 246 valence electrons. The third kappa shape index (κ3) is 4.42. The van der Waals surface area contributed by atoms with Crippen molar-refractivity contribution in [1.29, 1.82) is 0 Å². The SMILES string of the molecule is C=Cc1c(/C=C\C)n(-c2ccc3oc4nc(-c5ccccc5)nc(-c5ccccc5)c4c3c2)c2c1ccc1c3ccccc3n(-c3ccccc3)c12. The average molecular weight is 669 g/mol. The Morgan fingerprint density at radius 2 is 1.27 bits per heavy atom. The minimum absolute atomic E-state index is 0.560. The van der Waals surface area contributed by atoms with Gasteiger partial charge in [-0.05, 0) is 49.4 Å². The number of aromatic nitrogens is 4. The summed E-state index contributed by atoms with van der Waals surface area (Å²) in [6.45, 7) is 6.37. The van der Waals surface area contributed by atoms with E-state index in [1.165, 1.54) is 10.8 Å². The predicted octanol–water partition coefficient (Wildman–Crippen LogP) is 12.4. The number of furan rings is 1. The minimum Gasteiger partial charge on any atom is -0.438 e. The first-order valence-electron chi connectivity index (χ1n) is 17.5. The van der Waals surface area contributed by atoms with Gasteiger partial charge in [0.1, 0.15) is 5.58 Å². The lowest BCUT2D eigenvalue weighted by molar-refractivity contribution is 0.653. The van der Waals surface area contributed by atoms with Crippen LogP contribution < -0.4 is 0 Å². The Morgan fingerprint density at radius 1 is 0.596 bits per heavy atom. The molecule has 6 aromatic carbocycles. The van der Waals surface area contributed by atoms with Crippen molar-refractivity contribution >= 4 is 66.9 Å². The fraction of sp³-hybridized carbons (Fsp3) is 0.0213. The molecule has 5 nitrogen and oxygen atoms in total. The number of hydrogen-bond acceptors (Lipinski definition) is 3. The second-order valence-corrected chi connectivity index (χ2v) is 13.0. The molecule has 4 aromatic heterocycles. The molecule has 10 aromatic rings. The molecule has 5 heteroatoms. The Morgan fingerprint density at radius 3 is 2.02 bits per heavy atom. The summed E-state index contributed by atoms with van der Waals surface area (Å²) in [6.07, 6.45) is 6.26. The first kappa shape index (κ1) is 29.9. The fourth-order valence-corrected chi connectivity index (χ4v) is 7.84. The van der Waals surface area contributed by atoms with E-state index in [1.807, 2.05) is 54.6 Å². The number of rotatable bonds is 6. The van der Waals surface area contributed by atoms with E-state index in [9.17, 15) is 0 Å². The van der Waals surface area contributed by atoms with Crippen molar-refractivity contribution < 1.29 is 4.42 Å². The maximum Gasteiger partial charge on any atom is 0.231 e. The van der Waals surface area contributed by atoms with E-state index in [0.29, 0.717) is 11.5 Å². The zero-order chi connectivity index (χ0) is 34.8. The van der Waals surface area contributed by atoms with Crippen LogP contribution in [-0.2, 0) is 0 Å². The molecule has 0 saturated carbocycles. The first-order chi connectivity index (χ1) is 25.7. The van der Waals surface area contributed by atoms with E-state index in [1.54, 1.807) is 0 Å². The van der Waals surface area contributed by atoms with Crippen molar-refractivity contribution in [2.45, 2.75) is 6.92 Å². The van der Waals surface area contributed by atoms with Gasteiger partial charge < -0.3 is 13.6 Å². The number of allylic oxidation sites excluding steroid dienone is 1. The molecular formula is C47H32N4O. The van der Waals surface area contributed by atoms with Crippen LogP contribution in [0.2, 0.25) is 0 Å². The van der Waals surface area contributed by atoms with Crippen LogP contribution in [0.3, 0.4) is 0 Å². The lowest BCUT2D eigenvalue weighted by Crippen LogP contribution is -2.00. The fourth-order valence-electron chi connectivity index (χ4n) is 7.84. The van der Waals surface area contributed by atoms with E-state index >= 15 is 0 Å². The van der Waals surface area contributed by atoms with Gasteiger partial charge in [-0.2, -0.15) is 4.98 Å². The van der Waals surface area contributed by atoms with Crippen molar-refractivity contribution in [1.82, 2.24) is 19.1 Å². The Bertz CT molecular complexity index is 3020. The molecule has 0 aliphatic heterocycles. The van der Waals surface area contributed by atoms with Gasteiger partial charge in [-0.3, -0.25) is 0 Å². The number of hydrogen-bond donors (Lipinski definition) is 0. The zero-order valence-electron chi connectivity index (χ0n) is 28.5. The van der Waals surface area contributed by atoms with Crippen LogP contribution in [-0.4, -0.2) is 19.1 Å². The molecule has 0 aliphatic rings. The van der Waals surface area contributed by atoms with Crippen molar-refractivity contribution in [2.75, 3.05) is 0 Å². The highest BCUT2D eigenvalue weighted by Crippen LogP contribution is 2.43. The summed E-state index contributed by atoms with van der Waals surface area (Å²) in [5.41, 5.74) is 11.8. The Labute approximate surface area is 300 Å². The standard InChI is InChI=1S/C47H32N4O/c1-3-16-39-34(4-2)36-26-27-37-35-23-14-15-24-40(35)50(32-21-12-7-13-22-32)45(37)44(36)51(39)33-25-28-41-38(29-33)42-43(30-17-8-5-9-18-30)48-46(49-47(42)52-41)31-19-10-6-11-20-31/h3-29H,2H2,1H3/b16-3-. The van der Waals surface area contributed by atoms with Crippen LogP contribution in [0.5, 0.6) is 0 Å². The lowest BCUT2D eigenvalue weighted by Gasteiger charge is -2.13. The van der Waals surface area contributed by atoms with Crippen molar-refractivity contribution in [3.63, 3.8) is 0 Å². The van der Waals surface area contributed by atoms with Gasteiger partial charge in [0, 0.05) is 49.6 Å². The van der Waals surface area contributed by atoms with Gasteiger partial charge in [-0.1, -0.05) is 128 Å². The zero-order valence-corrected chi connectivity index (χ0v) is 28.5. The largest absolute Gasteiger partial charge is 0.438 e. The molecule has 0 radical (unpaired) electrons. The highest BCUT2D eigenvalue weighted by atomic mass is 16.3. The summed E-state index contributed by atoms with van der Waals surface area (Å²) in [6, 6.07) is 50.6. The first-order valence-corrected chi connectivity index (χ1v) is 17.5. The predicted molar refractivity (Wildman–Crippen MR) is 216 cm³/mol. The van der Waals surface area contributed by atoms with Gasteiger partial charge in [0.05, 0.1) is 33.3 Å². The average Bonchev–Trinajstić information content (AvgIpc) is 3.85. The van der Waals surface area contributed by atoms with E-state index < -0.39 is 0 Å². The number of nitrogens with zero attached hydrogens (tertiary/aromatic N) is 4. The van der Waals surface area contributed by atoms with Gasteiger partial charge >= 0.3 is 0 Å². The van der Waals surface area contributed by atoms with E-state index in [0.717, 1.165) is 77.7 Å². The van der Waals surface area contributed by atoms with Crippen LogP contribution in [0.1, 0.15) is 18.2 Å². The van der Waals surface area contributed by atoms with Crippen LogP contribution >= 0.6 is 0 Å². The highest BCUT2D eigenvalue weighted by molar-refractivity contribution is 6.20. The third-order valence-electron chi connectivity index (χ3n) is 10.0. The quantitative estimate of drug-likeness (QED) is 0.177. The molecule has 4 heterocycles. The monoisotopic (exact) mass is 668 g/mol. The van der Waals surface area contributed by atoms with Crippen LogP contribution in [0.25, 0.3) is 101 Å². The molecule has 0 atom stereocenters. The molecule has 0 saturated heterocycles. The Balaban J connectivity index is 1.34. The van der Waals surface area contributed by atoms with Crippen molar-refractivity contribution in [3.8, 4) is 34.0 Å². The number of benzene rings is 6. The lowest BCUT2D eigenvalue weighted by atomic mass is 10.1. The molecule has 0 fully saturated rings. The normalized spacial score (nSPS) is 11.9. The Kier molecular flexibility index (Phi) is 6.80. The van der Waals surface area contributed by atoms with Gasteiger partial charge in [0.15, 0.2) is 5.82 Å². The summed E-state index contributed by atoms with van der Waals surface area (Å²) in [7, 11) is 0. The maximum atomic E-state index is 6.55. The topological polar surface area (TPSA) is 48.8 Å². The second kappa shape index (κ2) is 11.8. The van der Waals surface area contributed by atoms with E-state index in [2.05, 4.69) is 132 Å². The van der Waals surface area contributed by atoms with Crippen molar-refractivity contribution in [3.05, 3.63) is 170 Å². The smallest absolute Gasteiger partial charge is 0.231 e. The molecular weight excluding hydrogens is 637 g/mol. The molecule has 0 spiro atoms. The van der Waals surface area contributed by atoms with E-state index in [4.69, 9.17) is 14.4 Å². The number of para-hydroxylation sites is 2. The summed E-state index contributed by atoms with van der Waals surface area (Å²) in [5, 5.41) is 5.37. The number of fused-ring (bicyclic) bond motifs is 8. The van der Waals surface area contributed by atoms with Gasteiger partial charge in [-0.15, -0.1) is 0 Å². The third-order valence-corrected chi connectivity index (χ3v) is 10.0. The maximum absolute atomic E-state index is 6.55. The van der Waals surface area contributed by atoms with Crippen LogP contribution in [0, 0.1) is 0 Å². The highest BCUT2D eigenvalue weighted by Gasteiger charge is 2.24. The molecule has 0 N–H and O–H groups in total. The Hall–Kier alpha value is -6.98. The van der Waals surface area contributed by atoms with E-state index in [-0.39, 0.29) is 0 Å². The molecule has 0 unspecified atom stereocenters. The molecule has 0 bridgehead atoms. The molecule has 0 aliphatic carbocycles.